The maximum Gasteiger partial charge on any atom is 0.00643 e. The van der Waals surface area contributed by atoms with Crippen molar-refractivity contribution in [1.29, 1.82) is 0 Å². The van der Waals surface area contributed by atoms with Gasteiger partial charge in [0.15, 0.2) is 0 Å². The zero-order valence-electron chi connectivity index (χ0n) is 10.8. The molecule has 2 atom stereocenters. The van der Waals surface area contributed by atoms with Crippen molar-refractivity contribution >= 4 is 0 Å². The molecule has 0 aliphatic heterocycles. The summed E-state index contributed by atoms with van der Waals surface area (Å²) in [5, 5.41) is 3.57. The Labute approximate surface area is 90.7 Å². The highest BCUT2D eigenvalue weighted by molar-refractivity contribution is 4.68. The van der Waals surface area contributed by atoms with Crippen molar-refractivity contribution < 1.29 is 0 Å². The molecular weight excluding hydrogens is 170 g/mol. The van der Waals surface area contributed by atoms with E-state index in [1.165, 1.54) is 25.7 Å². The molecule has 1 nitrogen and oxygen atoms in total. The van der Waals surface area contributed by atoms with Crippen molar-refractivity contribution in [3.05, 3.63) is 0 Å². The fourth-order valence-corrected chi connectivity index (χ4v) is 1.67. The van der Waals surface area contributed by atoms with Gasteiger partial charge in [-0.3, -0.25) is 0 Å². The molecule has 0 rings (SSSR count). The molecule has 0 heterocycles. The fraction of sp³-hybridized carbons (Fsp3) is 1.00. The lowest BCUT2D eigenvalue weighted by molar-refractivity contribution is 0.359. The zero-order chi connectivity index (χ0) is 11.0. The number of hydrogen-bond acceptors (Lipinski definition) is 1. The highest BCUT2D eigenvalue weighted by atomic mass is 14.9. The van der Waals surface area contributed by atoms with E-state index in [9.17, 15) is 0 Å². The van der Waals surface area contributed by atoms with Gasteiger partial charge in [0.1, 0.15) is 0 Å². The van der Waals surface area contributed by atoms with E-state index in [-0.39, 0.29) is 0 Å². The smallest absolute Gasteiger partial charge is 0.00643 e. The average Bonchev–Trinajstić information content (AvgIpc) is 2.13. The van der Waals surface area contributed by atoms with Crippen molar-refractivity contribution in [2.45, 2.75) is 66.3 Å². The maximum absolute atomic E-state index is 3.57. The predicted octanol–water partition coefficient (Wildman–Crippen LogP) is 3.84. The van der Waals surface area contributed by atoms with Gasteiger partial charge in [0.05, 0.1) is 0 Å². The van der Waals surface area contributed by atoms with Crippen LogP contribution in [0.25, 0.3) is 0 Å². The monoisotopic (exact) mass is 199 g/mol. The minimum absolute atomic E-state index is 0.683. The minimum Gasteiger partial charge on any atom is -0.314 e. The molecule has 14 heavy (non-hydrogen) atoms. The predicted molar refractivity (Wildman–Crippen MR) is 65.6 cm³/mol. The zero-order valence-corrected chi connectivity index (χ0v) is 10.8. The number of hydrogen-bond donors (Lipinski definition) is 1. The third kappa shape index (κ3) is 7.37. The van der Waals surface area contributed by atoms with Gasteiger partial charge in [-0.25, -0.2) is 0 Å². The molecule has 1 heteroatoms. The summed E-state index contributed by atoms with van der Waals surface area (Å²) in [7, 11) is 0. The van der Waals surface area contributed by atoms with Gasteiger partial charge in [-0.15, -0.1) is 0 Å². The molecule has 0 radical (unpaired) electrons. The Kier molecular flexibility index (Phi) is 8.26. The van der Waals surface area contributed by atoms with E-state index in [0.29, 0.717) is 6.04 Å². The lowest BCUT2D eigenvalue weighted by atomic mass is 9.94. The van der Waals surface area contributed by atoms with E-state index in [0.717, 1.165) is 18.4 Å². The first-order chi connectivity index (χ1) is 6.57. The van der Waals surface area contributed by atoms with Gasteiger partial charge < -0.3 is 5.32 Å². The highest BCUT2D eigenvalue weighted by Crippen LogP contribution is 2.15. The summed E-state index contributed by atoms with van der Waals surface area (Å²) in [4.78, 5) is 0. The summed E-state index contributed by atoms with van der Waals surface area (Å²) in [6.45, 7) is 12.7. The van der Waals surface area contributed by atoms with Crippen LogP contribution < -0.4 is 5.32 Å². The van der Waals surface area contributed by atoms with E-state index in [4.69, 9.17) is 0 Å². The third-order valence-electron chi connectivity index (χ3n) is 3.01. The standard InChI is InChI=1S/C13H29N/c1-6-10-14-13(5)12(4)9-7-8-11(2)3/h11-14H,6-10H2,1-5H3. The Morgan fingerprint density at radius 1 is 1.00 bits per heavy atom. The molecule has 0 saturated carbocycles. The van der Waals surface area contributed by atoms with Crippen LogP contribution in [0.4, 0.5) is 0 Å². The summed E-state index contributed by atoms with van der Waals surface area (Å²) in [6, 6.07) is 0.683. The van der Waals surface area contributed by atoms with Crippen LogP contribution in [0.1, 0.15) is 60.3 Å². The van der Waals surface area contributed by atoms with E-state index < -0.39 is 0 Å². The molecular formula is C13H29N. The summed E-state index contributed by atoms with van der Waals surface area (Å²) in [6.07, 6.45) is 5.38. The van der Waals surface area contributed by atoms with Crippen LogP contribution in [0.2, 0.25) is 0 Å². The summed E-state index contributed by atoms with van der Waals surface area (Å²) >= 11 is 0. The van der Waals surface area contributed by atoms with E-state index in [1.54, 1.807) is 0 Å². The summed E-state index contributed by atoms with van der Waals surface area (Å²) < 4.78 is 0. The van der Waals surface area contributed by atoms with E-state index >= 15 is 0 Å². The molecule has 0 bridgehead atoms. The fourth-order valence-electron chi connectivity index (χ4n) is 1.67. The quantitative estimate of drug-likeness (QED) is 0.626. The molecule has 0 aliphatic rings. The molecule has 0 aromatic heterocycles. The first-order valence-corrected chi connectivity index (χ1v) is 6.31. The summed E-state index contributed by atoms with van der Waals surface area (Å²) in [5.74, 6) is 1.68. The second-order valence-electron chi connectivity index (χ2n) is 5.04. The van der Waals surface area contributed by atoms with Crippen molar-refractivity contribution in [2.75, 3.05) is 6.54 Å². The van der Waals surface area contributed by atoms with Crippen molar-refractivity contribution in [3.8, 4) is 0 Å². The van der Waals surface area contributed by atoms with Crippen molar-refractivity contribution in [3.63, 3.8) is 0 Å². The van der Waals surface area contributed by atoms with Crippen LogP contribution >= 0.6 is 0 Å². The molecule has 2 unspecified atom stereocenters. The molecule has 1 N–H and O–H groups in total. The lowest BCUT2D eigenvalue weighted by Gasteiger charge is -2.21. The Balaban J connectivity index is 3.46. The van der Waals surface area contributed by atoms with Crippen molar-refractivity contribution in [1.82, 2.24) is 5.32 Å². The summed E-state index contributed by atoms with van der Waals surface area (Å²) in [5.41, 5.74) is 0. The van der Waals surface area contributed by atoms with Gasteiger partial charge >= 0.3 is 0 Å². The van der Waals surface area contributed by atoms with Crippen molar-refractivity contribution in [2.24, 2.45) is 11.8 Å². The number of rotatable bonds is 8. The van der Waals surface area contributed by atoms with E-state index in [1.807, 2.05) is 0 Å². The van der Waals surface area contributed by atoms with Gasteiger partial charge in [-0.1, -0.05) is 40.5 Å². The minimum atomic E-state index is 0.683. The Morgan fingerprint density at radius 2 is 1.64 bits per heavy atom. The SMILES string of the molecule is CCCNC(C)C(C)CCCC(C)C. The van der Waals surface area contributed by atoms with Crippen LogP contribution in [-0.2, 0) is 0 Å². The Hall–Kier alpha value is -0.0400. The number of nitrogens with one attached hydrogen (secondary N) is 1. The molecule has 0 aliphatic carbocycles. The molecule has 0 fully saturated rings. The second kappa shape index (κ2) is 8.28. The Bertz CT molecular complexity index is 120. The van der Waals surface area contributed by atoms with Gasteiger partial charge in [-0.2, -0.15) is 0 Å². The van der Waals surface area contributed by atoms with Crippen LogP contribution in [-0.4, -0.2) is 12.6 Å². The molecule has 86 valence electrons. The van der Waals surface area contributed by atoms with Gasteiger partial charge in [0.2, 0.25) is 0 Å². The third-order valence-corrected chi connectivity index (χ3v) is 3.01. The molecule has 0 amide bonds. The van der Waals surface area contributed by atoms with Gasteiger partial charge in [0, 0.05) is 6.04 Å². The maximum atomic E-state index is 3.57. The van der Waals surface area contributed by atoms with Gasteiger partial charge in [0.25, 0.3) is 0 Å². The average molecular weight is 199 g/mol. The second-order valence-corrected chi connectivity index (χ2v) is 5.04. The normalized spacial score (nSPS) is 15.9. The topological polar surface area (TPSA) is 12.0 Å². The largest absolute Gasteiger partial charge is 0.314 e. The molecule has 0 spiro atoms. The van der Waals surface area contributed by atoms with Crippen LogP contribution in [0, 0.1) is 11.8 Å². The van der Waals surface area contributed by atoms with Crippen LogP contribution in [0.5, 0.6) is 0 Å². The van der Waals surface area contributed by atoms with Crippen LogP contribution in [0.15, 0.2) is 0 Å². The highest BCUT2D eigenvalue weighted by Gasteiger charge is 2.10. The first kappa shape index (κ1) is 14.0. The molecule has 0 saturated heterocycles. The van der Waals surface area contributed by atoms with Crippen LogP contribution in [0.3, 0.4) is 0 Å². The molecule has 0 aromatic carbocycles. The van der Waals surface area contributed by atoms with E-state index in [2.05, 4.69) is 39.9 Å². The van der Waals surface area contributed by atoms with Gasteiger partial charge in [-0.05, 0) is 38.1 Å². The lowest BCUT2D eigenvalue weighted by Crippen LogP contribution is -2.32. The first-order valence-electron chi connectivity index (χ1n) is 6.31. The Morgan fingerprint density at radius 3 is 2.14 bits per heavy atom. The molecule has 0 aromatic rings.